The molecule has 1 amide bonds. The summed E-state index contributed by atoms with van der Waals surface area (Å²) in [5.41, 5.74) is 1.38. The fourth-order valence-corrected chi connectivity index (χ4v) is 2.40. The molecule has 0 saturated carbocycles. The average molecular weight is 500 g/mol. The number of hydrogen-bond donors (Lipinski definition) is 4. The first-order chi connectivity index (χ1) is 13.1. The molecule has 0 spiro atoms. The van der Waals surface area contributed by atoms with E-state index < -0.39 is 6.10 Å². The zero-order chi connectivity index (χ0) is 19.5. The van der Waals surface area contributed by atoms with Gasteiger partial charge in [0, 0.05) is 18.8 Å². The lowest BCUT2D eigenvalue weighted by Crippen LogP contribution is -2.38. The Morgan fingerprint density at radius 1 is 1.11 bits per heavy atom. The summed E-state index contributed by atoms with van der Waals surface area (Å²) in [4.78, 5) is 16.2. The normalized spacial score (nSPS) is 11.9. The average Bonchev–Trinajstić information content (AvgIpc) is 2.68. The van der Waals surface area contributed by atoms with Crippen molar-refractivity contribution in [3.63, 3.8) is 0 Å². The second kappa shape index (κ2) is 13.1. The number of rotatable bonds is 8. The van der Waals surface area contributed by atoms with Gasteiger partial charge in [0.2, 0.25) is 5.91 Å². The summed E-state index contributed by atoms with van der Waals surface area (Å²) in [6.45, 7) is 3.00. The third-order valence-corrected chi connectivity index (χ3v) is 3.75. The first kappa shape index (κ1) is 23.8. The highest BCUT2D eigenvalue weighted by atomic mass is 127. The molecule has 0 radical (unpaired) electrons. The largest absolute Gasteiger partial charge is 0.388 e. The van der Waals surface area contributed by atoms with Crippen LogP contribution in [0, 0.1) is 5.82 Å². The van der Waals surface area contributed by atoms with Crippen LogP contribution in [0.25, 0.3) is 0 Å². The van der Waals surface area contributed by atoms with Gasteiger partial charge in [0.05, 0.1) is 6.10 Å². The number of guanidine groups is 1. The van der Waals surface area contributed by atoms with Crippen LogP contribution in [0.4, 0.5) is 10.1 Å². The highest BCUT2D eigenvalue weighted by Gasteiger charge is 2.07. The van der Waals surface area contributed by atoms with Crippen LogP contribution in [0.15, 0.2) is 59.6 Å². The molecule has 2 rings (SSSR count). The van der Waals surface area contributed by atoms with E-state index in [0.717, 1.165) is 5.56 Å². The van der Waals surface area contributed by atoms with Crippen molar-refractivity contribution in [3.8, 4) is 0 Å². The van der Waals surface area contributed by atoms with Gasteiger partial charge in [-0.3, -0.25) is 4.79 Å². The summed E-state index contributed by atoms with van der Waals surface area (Å²) in [7, 11) is 0. The van der Waals surface area contributed by atoms with Crippen LogP contribution < -0.4 is 16.0 Å². The summed E-state index contributed by atoms with van der Waals surface area (Å²) in [5, 5.41) is 19.0. The number of nitrogens with one attached hydrogen (secondary N) is 3. The van der Waals surface area contributed by atoms with E-state index in [9.17, 15) is 14.3 Å². The number of anilines is 1. The Kier molecular flexibility index (Phi) is 11.1. The molecule has 0 aromatic heterocycles. The van der Waals surface area contributed by atoms with Crippen LogP contribution in [0.3, 0.4) is 0 Å². The lowest BCUT2D eigenvalue weighted by molar-refractivity contribution is -0.114. The first-order valence-corrected chi connectivity index (χ1v) is 8.89. The number of carbonyl (C=O) groups excluding carboxylic acids is 1. The highest BCUT2D eigenvalue weighted by Crippen LogP contribution is 2.14. The van der Waals surface area contributed by atoms with Gasteiger partial charge in [-0.1, -0.05) is 30.3 Å². The molecule has 1 unspecified atom stereocenters. The van der Waals surface area contributed by atoms with Crippen LogP contribution in [0.5, 0.6) is 0 Å². The number of carbonyl (C=O) groups is 1. The van der Waals surface area contributed by atoms with Gasteiger partial charge in [-0.15, -0.1) is 24.0 Å². The second-order valence-corrected chi connectivity index (χ2v) is 5.89. The van der Waals surface area contributed by atoms with Gasteiger partial charge in [-0.25, -0.2) is 9.38 Å². The van der Waals surface area contributed by atoms with E-state index in [-0.39, 0.29) is 42.2 Å². The maximum absolute atomic E-state index is 12.9. The molecule has 28 heavy (non-hydrogen) atoms. The van der Waals surface area contributed by atoms with E-state index in [1.165, 1.54) is 24.3 Å². The molecular weight excluding hydrogens is 474 g/mol. The maximum Gasteiger partial charge on any atom is 0.246 e. The summed E-state index contributed by atoms with van der Waals surface area (Å²) >= 11 is 0. The minimum Gasteiger partial charge on any atom is -0.388 e. The first-order valence-electron chi connectivity index (χ1n) is 8.89. The number of halogens is 2. The van der Waals surface area contributed by atoms with Crippen molar-refractivity contribution in [1.29, 1.82) is 0 Å². The number of hydrogen-bond acceptors (Lipinski definition) is 3. The van der Waals surface area contributed by atoms with Crippen molar-refractivity contribution in [2.24, 2.45) is 4.99 Å². The van der Waals surface area contributed by atoms with Crippen LogP contribution in [0.2, 0.25) is 0 Å². The van der Waals surface area contributed by atoms with Gasteiger partial charge in [-0.05, 0) is 43.2 Å². The molecule has 2 aromatic carbocycles. The molecule has 0 aliphatic rings. The zero-order valence-electron chi connectivity index (χ0n) is 15.7. The van der Waals surface area contributed by atoms with Gasteiger partial charge in [0.1, 0.15) is 12.4 Å². The molecule has 0 aliphatic heterocycles. The number of aliphatic hydroxyl groups excluding tert-OH is 1. The minimum atomic E-state index is -0.566. The van der Waals surface area contributed by atoms with Gasteiger partial charge >= 0.3 is 0 Å². The molecule has 152 valence electrons. The van der Waals surface area contributed by atoms with Crippen LogP contribution in [-0.4, -0.2) is 36.6 Å². The molecule has 1 atom stereocenters. The molecule has 2 aromatic rings. The molecule has 0 bridgehead atoms. The van der Waals surface area contributed by atoms with Crippen molar-refractivity contribution in [2.75, 3.05) is 25.0 Å². The summed E-state index contributed by atoms with van der Waals surface area (Å²) in [6, 6.07) is 15.0. The van der Waals surface area contributed by atoms with Crippen molar-refractivity contribution in [3.05, 3.63) is 66.0 Å². The van der Waals surface area contributed by atoms with Gasteiger partial charge in [0.25, 0.3) is 0 Å². The fourth-order valence-electron chi connectivity index (χ4n) is 2.40. The predicted molar refractivity (Wildman–Crippen MR) is 120 cm³/mol. The predicted octanol–water partition coefficient (Wildman–Crippen LogP) is 3.06. The summed E-state index contributed by atoms with van der Waals surface area (Å²) in [6.07, 6.45) is -0.0562. The standard InChI is InChI=1S/C20H25FN4O2.HI/c1-2-22-20(23-13-12-18(26)15-6-4-3-5-7-15)24-14-19(27)25-17-10-8-16(21)9-11-17;/h3-11,18,26H,2,12-14H2,1H3,(H,25,27)(H2,22,23,24);1H. The van der Waals surface area contributed by atoms with Crippen molar-refractivity contribution < 1.29 is 14.3 Å². The quantitative estimate of drug-likeness (QED) is 0.255. The van der Waals surface area contributed by atoms with Gasteiger partial charge < -0.3 is 21.1 Å². The maximum atomic E-state index is 12.9. The Balaban J connectivity index is 0.00000392. The van der Waals surface area contributed by atoms with E-state index in [2.05, 4.69) is 20.9 Å². The summed E-state index contributed by atoms with van der Waals surface area (Å²) < 4.78 is 12.9. The topological polar surface area (TPSA) is 85.8 Å². The number of nitrogens with zero attached hydrogens (tertiary/aromatic N) is 1. The highest BCUT2D eigenvalue weighted by molar-refractivity contribution is 14.0. The van der Waals surface area contributed by atoms with Crippen LogP contribution in [-0.2, 0) is 4.79 Å². The molecular formula is C20H26FIN4O2. The Labute approximate surface area is 181 Å². The van der Waals surface area contributed by atoms with Crippen molar-refractivity contribution >= 4 is 41.5 Å². The fraction of sp³-hybridized carbons (Fsp3) is 0.300. The Morgan fingerprint density at radius 2 is 1.79 bits per heavy atom. The zero-order valence-corrected chi connectivity index (χ0v) is 18.0. The molecule has 4 N–H and O–H groups in total. The molecule has 0 aliphatic carbocycles. The third-order valence-electron chi connectivity index (χ3n) is 3.75. The summed E-state index contributed by atoms with van der Waals surface area (Å²) in [5.74, 6) is -0.169. The lowest BCUT2D eigenvalue weighted by Gasteiger charge is -2.14. The minimum absolute atomic E-state index is 0. The second-order valence-electron chi connectivity index (χ2n) is 5.89. The molecule has 0 heterocycles. The lowest BCUT2D eigenvalue weighted by atomic mass is 10.1. The van der Waals surface area contributed by atoms with E-state index in [1.807, 2.05) is 37.3 Å². The Bertz CT molecular complexity index is 742. The van der Waals surface area contributed by atoms with Crippen LogP contribution in [0.1, 0.15) is 25.0 Å². The SMILES string of the molecule is CCNC(=NCC(=O)Nc1ccc(F)cc1)NCCC(O)c1ccccc1.I. The van der Waals surface area contributed by atoms with E-state index in [1.54, 1.807) is 0 Å². The van der Waals surface area contributed by atoms with Crippen LogP contribution >= 0.6 is 24.0 Å². The molecule has 0 fully saturated rings. The third kappa shape index (κ3) is 8.66. The monoisotopic (exact) mass is 500 g/mol. The number of amides is 1. The molecule has 0 saturated heterocycles. The Hall–Kier alpha value is -2.20. The molecule has 8 heteroatoms. The number of benzene rings is 2. The van der Waals surface area contributed by atoms with E-state index in [4.69, 9.17) is 0 Å². The van der Waals surface area contributed by atoms with Crippen molar-refractivity contribution in [1.82, 2.24) is 10.6 Å². The van der Waals surface area contributed by atoms with E-state index >= 15 is 0 Å². The smallest absolute Gasteiger partial charge is 0.246 e. The van der Waals surface area contributed by atoms with E-state index in [0.29, 0.717) is 31.2 Å². The van der Waals surface area contributed by atoms with Gasteiger partial charge in [-0.2, -0.15) is 0 Å². The molecule has 6 nitrogen and oxygen atoms in total. The number of aliphatic imine (C=N–C) groups is 1. The van der Waals surface area contributed by atoms with Crippen molar-refractivity contribution in [2.45, 2.75) is 19.4 Å². The van der Waals surface area contributed by atoms with Gasteiger partial charge in [0.15, 0.2) is 5.96 Å². The Morgan fingerprint density at radius 3 is 2.43 bits per heavy atom. The number of aliphatic hydroxyl groups is 1.